The fraction of sp³-hybridized carbons (Fsp3) is 0.357. The Morgan fingerprint density at radius 3 is 3.00 bits per heavy atom. The second-order valence-corrected chi connectivity index (χ2v) is 5.30. The van der Waals surface area contributed by atoms with Crippen molar-refractivity contribution in [2.75, 3.05) is 20.3 Å². The van der Waals surface area contributed by atoms with Crippen molar-refractivity contribution in [1.29, 1.82) is 0 Å². The van der Waals surface area contributed by atoms with Crippen molar-refractivity contribution in [2.24, 2.45) is 0 Å². The highest BCUT2D eigenvalue weighted by Gasteiger charge is 2.04. The van der Waals surface area contributed by atoms with E-state index >= 15 is 0 Å². The first kappa shape index (κ1) is 15.3. The lowest BCUT2D eigenvalue weighted by Gasteiger charge is -2.05. The molecule has 0 saturated heterocycles. The molecule has 0 aliphatic heterocycles. The Labute approximate surface area is 128 Å². The number of aromatic nitrogens is 2. The monoisotopic (exact) mass is 313 g/mol. The molecule has 2 aromatic rings. The molecule has 0 saturated carbocycles. The summed E-state index contributed by atoms with van der Waals surface area (Å²) < 4.78 is 6.83. The van der Waals surface area contributed by atoms with Crippen LogP contribution in [0.4, 0.5) is 0 Å². The molecular formula is C14H17Cl2N3O. The SMILES string of the molecule is COCCNCc1cnn(Cc2cc(Cl)ccc2Cl)c1. The highest BCUT2D eigenvalue weighted by Crippen LogP contribution is 2.21. The molecule has 0 aliphatic carbocycles. The van der Waals surface area contributed by atoms with Crippen molar-refractivity contribution in [2.45, 2.75) is 13.1 Å². The second kappa shape index (κ2) is 7.64. The Morgan fingerprint density at radius 1 is 1.35 bits per heavy atom. The van der Waals surface area contributed by atoms with Crippen LogP contribution in [0, 0.1) is 0 Å². The molecule has 0 atom stereocenters. The average molecular weight is 314 g/mol. The molecule has 1 aromatic heterocycles. The van der Waals surface area contributed by atoms with Gasteiger partial charge < -0.3 is 10.1 Å². The largest absolute Gasteiger partial charge is 0.383 e. The summed E-state index contributed by atoms with van der Waals surface area (Å²) in [6.07, 6.45) is 3.84. The zero-order chi connectivity index (χ0) is 14.4. The fourth-order valence-electron chi connectivity index (χ4n) is 1.83. The van der Waals surface area contributed by atoms with Gasteiger partial charge in [0.15, 0.2) is 0 Å². The van der Waals surface area contributed by atoms with Crippen LogP contribution in [0.5, 0.6) is 0 Å². The first-order chi connectivity index (χ1) is 9.69. The van der Waals surface area contributed by atoms with Gasteiger partial charge in [0.1, 0.15) is 0 Å². The van der Waals surface area contributed by atoms with Crippen LogP contribution < -0.4 is 5.32 Å². The van der Waals surface area contributed by atoms with Crippen molar-refractivity contribution in [3.05, 3.63) is 51.8 Å². The van der Waals surface area contributed by atoms with E-state index in [2.05, 4.69) is 10.4 Å². The van der Waals surface area contributed by atoms with Gasteiger partial charge in [-0.15, -0.1) is 0 Å². The Morgan fingerprint density at radius 2 is 2.20 bits per heavy atom. The first-order valence-electron chi connectivity index (χ1n) is 6.34. The van der Waals surface area contributed by atoms with Crippen LogP contribution in [0.1, 0.15) is 11.1 Å². The van der Waals surface area contributed by atoms with Crippen molar-refractivity contribution >= 4 is 23.2 Å². The number of halogens is 2. The molecule has 1 aromatic carbocycles. The van der Waals surface area contributed by atoms with Crippen LogP contribution >= 0.6 is 23.2 Å². The molecule has 0 spiro atoms. The molecule has 0 amide bonds. The Bertz CT molecular complexity index is 557. The summed E-state index contributed by atoms with van der Waals surface area (Å²) in [7, 11) is 1.69. The minimum Gasteiger partial charge on any atom is -0.383 e. The van der Waals surface area contributed by atoms with Crippen LogP contribution in [-0.4, -0.2) is 30.0 Å². The number of nitrogens with zero attached hydrogens (tertiary/aromatic N) is 2. The molecular weight excluding hydrogens is 297 g/mol. The van der Waals surface area contributed by atoms with Crippen molar-refractivity contribution < 1.29 is 4.74 Å². The van der Waals surface area contributed by atoms with Crippen molar-refractivity contribution in [3.8, 4) is 0 Å². The van der Waals surface area contributed by atoms with E-state index in [0.717, 1.165) is 24.2 Å². The summed E-state index contributed by atoms with van der Waals surface area (Å²) in [6.45, 7) is 2.90. The molecule has 4 nitrogen and oxygen atoms in total. The third-order valence-corrected chi connectivity index (χ3v) is 3.44. The van der Waals surface area contributed by atoms with Gasteiger partial charge >= 0.3 is 0 Å². The third-order valence-electron chi connectivity index (χ3n) is 2.84. The van der Waals surface area contributed by atoms with Crippen molar-refractivity contribution in [3.63, 3.8) is 0 Å². The van der Waals surface area contributed by atoms with Gasteiger partial charge in [0.25, 0.3) is 0 Å². The Balaban J connectivity index is 1.93. The quantitative estimate of drug-likeness (QED) is 0.799. The van der Waals surface area contributed by atoms with Gasteiger partial charge in [-0.25, -0.2) is 0 Å². The van der Waals surface area contributed by atoms with Crippen molar-refractivity contribution in [1.82, 2.24) is 15.1 Å². The fourth-order valence-corrected chi connectivity index (χ4v) is 2.20. The predicted octanol–water partition coefficient (Wildman–Crippen LogP) is 2.97. The van der Waals surface area contributed by atoms with E-state index in [0.29, 0.717) is 23.2 Å². The first-order valence-corrected chi connectivity index (χ1v) is 7.09. The number of nitrogens with one attached hydrogen (secondary N) is 1. The normalized spacial score (nSPS) is 10.9. The lowest BCUT2D eigenvalue weighted by atomic mass is 10.2. The molecule has 1 N–H and O–H groups in total. The molecule has 108 valence electrons. The van der Waals surface area contributed by atoms with Crippen LogP contribution in [0.2, 0.25) is 10.0 Å². The average Bonchev–Trinajstić information content (AvgIpc) is 2.87. The summed E-state index contributed by atoms with van der Waals surface area (Å²) >= 11 is 12.1. The second-order valence-electron chi connectivity index (χ2n) is 4.45. The highest BCUT2D eigenvalue weighted by molar-refractivity contribution is 6.33. The van der Waals surface area contributed by atoms with Crippen LogP contribution in [0.3, 0.4) is 0 Å². The maximum Gasteiger partial charge on any atom is 0.0674 e. The number of benzene rings is 1. The smallest absolute Gasteiger partial charge is 0.0674 e. The molecule has 2 rings (SSSR count). The van der Waals surface area contributed by atoms with E-state index in [1.165, 1.54) is 0 Å². The van der Waals surface area contributed by atoms with Gasteiger partial charge in [0, 0.05) is 42.0 Å². The summed E-state index contributed by atoms with van der Waals surface area (Å²) in [6, 6.07) is 5.44. The van der Waals surface area contributed by atoms with Crippen LogP contribution in [0.15, 0.2) is 30.6 Å². The third kappa shape index (κ3) is 4.49. The summed E-state index contributed by atoms with van der Waals surface area (Å²) in [5, 5.41) is 8.98. The summed E-state index contributed by atoms with van der Waals surface area (Å²) in [5.74, 6) is 0. The van der Waals surface area contributed by atoms with Gasteiger partial charge in [0.05, 0.1) is 19.3 Å². The van der Waals surface area contributed by atoms with Crippen LogP contribution in [-0.2, 0) is 17.8 Å². The van der Waals surface area contributed by atoms with Crippen LogP contribution in [0.25, 0.3) is 0 Å². The molecule has 6 heteroatoms. The Hall–Kier alpha value is -1.07. The minimum atomic E-state index is 0.609. The van der Waals surface area contributed by atoms with Gasteiger partial charge in [-0.1, -0.05) is 23.2 Å². The van der Waals surface area contributed by atoms with Gasteiger partial charge in [0.2, 0.25) is 0 Å². The molecule has 0 fully saturated rings. The highest BCUT2D eigenvalue weighted by atomic mass is 35.5. The Kier molecular flexibility index (Phi) is 5.86. The van der Waals surface area contributed by atoms with E-state index in [1.807, 2.05) is 23.1 Å². The molecule has 0 unspecified atom stereocenters. The number of rotatable bonds is 7. The summed E-state index contributed by atoms with van der Waals surface area (Å²) in [5.41, 5.74) is 2.08. The zero-order valence-electron chi connectivity index (χ0n) is 11.3. The standard InChI is InChI=1S/C14H17Cl2N3O/c1-20-5-4-17-7-11-8-18-19(9-11)10-12-6-13(15)2-3-14(12)16/h2-3,6,8-9,17H,4-5,7,10H2,1H3. The summed E-state index contributed by atoms with van der Waals surface area (Å²) in [4.78, 5) is 0. The van der Waals surface area contributed by atoms with E-state index in [9.17, 15) is 0 Å². The lowest BCUT2D eigenvalue weighted by Crippen LogP contribution is -2.18. The van der Waals surface area contributed by atoms with Gasteiger partial charge in [-0.05, 0) is 23.8 Å². The molecule has 20 heavy (non-hydrogen) atoms. The minimum absolute atomic E-state index is 0.609. The van der Waals surface area contributed by atoms with E-state index in [1.54, 1.807) is 19.2 Å². The molecule has 0 aliphatic rings. The van der Waals surface area contributed by atoms with E-state index < -0.39 is 0 Å². The zero-order valence-corrected chi connectivity index (χ0v) is 12.8. The number of hydrogen-bond acceptors (Lipinski definition) is 3. The maximum atomic E-state index is 6.15. The van der Waals surface area contributed by atoms with Gasteiger partial charge in [-0.3, -0.25) is 4.68 Å². The van der Waals surface area contributed by atoms with E-state index in [4.69, 9.17) is 27.9 Å². The molecule has 0 bridgehead atoms. The molecule has 1 heterocycles. The van der Waals surface area contributed by atoms with Gasteiger partial charge in [-0.2, -0.15) is 5.10 Å². The molecule has 0 radical (unpaired) electrons. The number of methoxy groups -OCH3 is 1. The lowest BCUT2D eigenvalue weighted by molar-refractivity contribution is 0.199. The topological polar surface area (TPSA) is 39.1 Å². The number of hydrogen-bond donors (Lipinski definition) is 1. The van der Waals surface area contributed by atoms with E-state index in [-0.39, 0.29) is 0 Å². The maximum absolute atomic E-state index is 6.15. The number of ether oxygens (including phenoxy) is 1. The predicted molar refractivity (Wildman–Crippen MR) is 81.4 cm³/mol.